The Kier molecular flexibility index (Phi) is 6.24. The number of likely N-dealkylation sites (N-methyl/N-ethyl adjacent to an activating group) is 1. The van der Waals surface area contributed by atoms with Gasteiger partial charge < -0.3 is 19.2 Å². The normalized spacial score (nSPS) is 24.4. The molecule has 10 heteroatoms. The number of aromatic nitrogens is 1. The molecule has 8 nitrogen and oxygen atoms in total. The molecule has 0 N–H and O–H groups in total. The number of carbonyl (C=O) groups is 1. The van der Waals surface area contributed by atoms with E-state index < -0.39 is 20.4 Å². The molecule has 184 valence electrons. The zero-order chi connectivity index (χ0) is 23.9. The van der Waals surface area contributed by atoms with E-state index in [2.05, 4.69) is 22.0 Å². The van der Waals surface area contributed by atoms with Gasteiger partial charge in [-0.05, 0) is 37.9 Å². The number of hydrogen-bond acceptors (Lipinski definition) is 7. The summed E-state index contributed by atoms with van der Waals surface area (Å²) in [5.41, 5.74) is 1.40. The summed E-state index contributed by atoms with van der Waals surface area (Å²) in [6, 6.07) is 6.32. The average molecular weight is 491 g/mol. The Hall–Kier alpha value is -2.30. The van der Waals surface area contributed by atoms with Crippen LogP contribution in [0.5, 0.6) is 0 Å². The zero-order valence-electron chi connectivity index (χ0n) is 19.5. The highest BCUT2D eigenvalue weighted by Crippen LogP contribution is 2.45. The molecule has 0 radical (unpaired) electrons. The van der Waals surface area contributed by atoms with E-state index in [0.717, 1.165) is 32.7 Å². The Labute approximate surface area is 199 Å². The number of sulfone groups is 1. The first-order chi connectivity index (χ1) is 16.3. The molecule has 3 saturated heterocycles. The number of rotatable bonds is 6. The van der Waals surface area contributed by atoms with Crippen molar-refractivity contribution in [2.75, 3.05) is 58.6 Å². The maximum absolute atomic E-state index is 14.2. The third-order valence-corrected chi connectivity index (χ3v) is 10.4. The quantitative estimate of drug-likeness (QED) is 0.609. The number of carbonyl (C=O) groups excluding carboxylic acids is 1. The highest BCUT2D eigenvalue weighted by Gasteiger charge is 2.62. The number of likely N-dealkylation sites (tertiary alicyclic amines) is 1. The van der Waals surface area contributed by atoms with Crippen LogP contribution in [0.4, 0.5) is 4.39 Å². The number of benzene rings is 1. The first-order valence-corrected chi connectivity index (χ1v) is 13.5. The molecule has 1 unspecified atom stereocenters. The Morgan fingerprint density at radius 1 is 1.21 bits per heavy atom. The second-order valence-electron chi connectivity index (χ2n) is 9.89. The summed E-state index contributed by atoms with van der Waals surface area (Å²) >= 11 is 0. The van der Waals surface area contributed by atoms with Crippen molar-refractivity contribution in [3.8, 4) is 11.3 Å². The van der Waals surface area contributed by atoms with Crippen molar-refractivity contribution >= 4 is 15.7 Å². The highest BCUT2D eigenvalue weighted by atomic mass is 32.2. The minimum absolute atomic E-state index is 0.0655. The van der Waals surface area contributed by atoms with Gasteiger partial charge in [0.15, 0.2) is 9.84 Å². The highest BCUT2D eigenvalue weighted by molar-refractivity contribution is 7.93. The van der Waals surface area contributed by atoms with Crippen LogP contribution in [0.25, 0.3) is 11.3 Å². The summed E-state index contributed by atoms with van der Waals surface area (Å²) in [5.74, 6) is -0.214. The molecule has 1 aromatic heterocycles. The lowest BCUT2D eigenvalue weighted by Crippen LogP contribution is -2.69. The van der Waals surface area contributed by atoms with Gasteiger partial charge in [0.05, 0.1) is 5.75 Å². The summed E-state index contributed by atoms with van der Waals surface area (Å²) in [7, 11) is -1.13. The third-order valence-electron chi connectivity index (χ3n) is 7.82. The zero-order valence-corrected chi connectivity index (χ0v) is 20.3. The molecule has 1 spiro atoms. The van der Waals surface area contributed by atoms with Crippen molar-refractivity contribution < 1.29 is 22.1 Å². The van der Waals surface area contributed by atoms with E-state index in [0.29, 0.717) is 29.7 Å². The van der Waals surface area contributed by atoms with Crippen molar-refractivity contribution in [2.45, 2.75) is 24.0 Å². The van der Waals surface area contributed by atoms with Crippen molar-refractivity contribution in [3.05, 3.63) is 41.9 Å². The van der Waals surface area contributed by atoms with Crippen LogP contribution in [0.1, 0.15) is 18.4 Å². The van der Waals surface area contributed by atoms with Gasteiger partial charge in [0.25, 0.3) is 0 Å². The second-order valence-corrected chi connectivity index (χ2v) is 12.3. The molecule has 5 rings (SSSR count). The van der Waals surface area contributed by atoms with E-state index in [1.807, 2.05) is 0 Å². The first-order valence-electron chi connectivity index (χ1n) is 11.9. The number of halogens is 1. The van der Waals surface area contributed by atoms with Crippen molar-refractivity contribution in [1.82, 2.24) is 19.9 Å². The van der Waals surface area contributed by atoms with Gasteiger partial charge in [0.1, 0.15) is 22.5 Å². The summed E-state index contributed by atoms with van der Waals surface area (Å²) in [5, 5.41) is 3.92. The van der Waals surface area contributed by atoms with Gasteiger partial charge in [-0.2, -0.15) is 0 Å². The van der Waals surface area contributed by atoms with Crippen molar-refractivity contribution in [1.29, 1.82) is 0 Å². The fraction of sp³-hybridized carbons (Fsp3) is 0.583. The topological polar surface area (TPSA) is 87.0 Å². The van der Waals surface area contributed by atoms with Crippen LogP contribution in [0.15, 0.2) is 35.1 Å². The minimum Gasteiger partial charge on any atom is -0.364 e. The lowest BCUT2D eigenvalue weighted by molar-refractivity contribution is -0.137. The van der Waals surface area contributed by atoms with Crippen molar-refractivity contribution in [2.24, 2.45) is 5.92 Å². The molecular formula is C24H31FN4O4S. The molecule has 1 atom stereocenters. The lowest BCUT2D eigenvalue weighted by Gasteiger charge is -2.51. The van der Waals surface area contributed by atoms with Crippen LogP contribution in [0.2, 0.25) is 0 Å². The average Bonchev–Trinajstić information content (AvgIpc) is 3.35. The number of piperazine rings is 1. The van der Waals surface area contributed by atoms with Gasteiger partial charge in [0, 0.05) is 63.4 Å². The number of amides is 1. The Morgan fingerprint density at radius 2 is 1.94 bits per heavy atom. The van der Waals surface area contributed by atoms with Crippen LogP contribution in [0, 0.1) is 11.7 Å². The van der Waals surface area contributed by atoms with Gasteiger partial charge in [-0.15, -0.1) is 0 Å². The Morgan fingerprint density at radius 3 is 2.68 bits per heavy atom. The molecule has 4 heterocycles. The standard InChI is InChI=1S/C24H31FN4O4S/c1-27-9-11-28(12-10-27)14-19-8-13-34(31,32)24(19)16-29(17-24)22(30)7-6-18-15-33-26-23(18)20-4-2-3-5-21(20)25/h2-5,15,19H,6-14,16-17H2,1H3. The maximum atomic E-state index is 14.2. The minimum atomic E-state index is -3.23. The van der Waals surface area contributed by atoms with Gasteiger partial charge in [0.2, 0.25) is 5.91 Å². The van der Waals surface area contributed by atoms with Crippen LogP contribution < -0.4 is 0 Å². The summed E-state index contributed by atoms with van der Waals surface area (Å²) in [4.78, 5) is 19.2. The van der Waals surface area contributed by atoms with E-state index in [1.165, 1.54) is 12.3 Å². The molecular weight excluding hydrogens is 459 g/mol. The van der Waals surface area contributed by atoms with E-state index >= 15 is 0 Å². The molecule has 2 aromatic rings. The number of aryl methyl sites for hydroxylation is 1. The predicted octanol–water partition coefficient (Wildman–Crippen LogP) is 1.68. The monoisotopic (exact) mass is 490 g/mol. The van der Waals surface area contributed by atoms with E-state index in [4.69, 9.17) is 4.52 Å². The molecule has 0 bridgehead atoms. The first kappa shape index (κ1) is 23.4. The smallest absolute Gasteiger partial charge is 0.223 e. The van der Waals surface area contributed by atoms with Gasteiger partial charge in [-0.3, -0.25) is 4.79 Å². The van der Waals surface area contributed by atoms with Crippen molar-refractivity contribution in [3.63, 3.8) is 0 Å². The summed E-state index contributed by atoms with van der Waals surface area (Å²) < 4.78 is 44.4. The van der Waals surface area contributed by atoms with Crippen LogP contribution >= 0.6 is 0 Å². The Bertz CT molecular complexity index is 1150. The lowest BCUT2D eigenvalue weighted by atomic mass is 9.82. The van der Waals surface area contributed by atoms with E-state index in [1.54, 1.807) is 23.1 Å². The van der Waals surface area contributed by atoms with Gasteiger partial charge in [-0.1, -0.05) is 17.3 Å². The third kappa shape index (κ3) is 4.16. The molecule has 3 aliphatic rings. The largest absolute Gasteiger partial charge is 0.364 e. The predicted molar refractivity (Wildman–Crippen MR) is 125 cm³/mol. The number of hydrogen-bond donors (Lipinski definition) is 0. The van der Waals surface area contributed by atoms with Gasteiger partial charge in [-0.25, -0.2) is 12.8 Å². The molecule has 1 aromatic carbocycles. The maximum Gasteiger partial charge on any atom is 0.223 e. The molecule has 0 saturated carbocycles. The fourth-order valence-corrected chi connectivity index (χ4v) is 7.96. The van der Waals surface area contributed by atoms with Crippen LogP contribution in [0.3, 0.4) is 0 Å². The molecule has 1 amide bonds. The van der Waals surface area contributed by atoms with E-state index in [-0.39, 0.29) is 37.1 Å². The van der Waals surface area contributed by atoms with E-state index in [9.17, 15) is 17.6 Å². The molecule has 3 fully saturated rings. The second kappa shape index (κ2) is 9.05. The van der Waals surface area contributed by atoms with Crippen LogP contribution in [-0.2, 0) is 21.1 Å². The summed E-state index contributed by atoms with van der Waals surface area (Å²) in [6.45, 7) is 5.22. The molecule has 0 aliphatic carbocycles. The molecule has 3 aliphatic heterocycles. The van der Waals surface area contributed by atoms with Gasteiger partial charge >= 0.3 is 0 Å². The fourth-order valence-electron chi connectivity index (χ4n) is 5.56. The summed E-state index contributed by atoms with van der Waals surface area (Å²) in [6.07, 6.45) is 2.67. The van der Waals surface area contributed by atoms with Crippen LogP contribution in [-0.4, -0.2) is 97.5 Å². The Balaban J connectivity index is 1.21. The molecule has 34 heavy (non-hydrogen) atoms. The SMILES string of the molecule is CN1CCN(CC2CCS(=O)(=O)C23CN(C(=O)CCc2conc2-c2ccccc2F)C3)CC1. The number of nitrogens with zero attached hydrogens (tertiary/aromatic N) is 4.